The van der Waals surface area contributed by atoms with E-state index in [2.05, 4.69) is 5.32 Å². The van der Waals surface area contributed by atoms with E-state index in [4.69, 9.17) is 34.8 Å². The molecule has 0 aliphatic carbocycles. The lowest BCUT2D eigenvalue weighted by Gasteiger charge is -2.31. The zero-order valence-electron chi connectivity index (χ0n) is 14.2. The molecule has 1 atom stereocenters. The highest BCUT2D eigenvalue weighted by Crippen LogP contribution is 2.28. The van der Waals surface area contributed by atoms with Crippen molar-refractivity contribution in [2.24, 2.45) is 5.92 Å². The topological polar surface area (TPSA) is 66.5 Å². The van der Waals surface area contributed by atoms with Gasteiger partial charge in [-0.2, -0.15) is 4.31 Å². The Morgan fingerprint density at radius 1 is 1.04 bits per heavy atom. The number of carbonyl (C=O) groups excluding carboxylic acids is 1. The maximum atomic E-state index is 12.8. The van der Waals surface area contributed by atoms with Crippen LogP contribution in [0.2, 0.25) is 15.1 Å². The first-order chi connectivity index (χ1) is 12.8. The molecule has 3 rings (SSSR count). The van der Waals surface area contributed by atoms with Gasteiger partial charge in [0.25, 0.3) is 0 Å². The third-order valence-electron chi connectivity index (χ3n) is 4.39. The Morgan fingerprint density at radius 3 is 2.41 bits per heavy atom. The largest absolute Gasteiger partial charge is 0.326 e. The summed E-state index contributed by atoms with van der Waals surface area (Å²) in [7, 11) is -3.67. The minimum atomic E-state index is -3.67. The van der Waals surface area contributed by atoms with E-state index in [-0.39, 0.29) is 17.3 Å². The molecule has 5 nitrogen and oxygen atoms in total. The lowest BCUT2D eigenvalue weighted by molar-refractivity contribution is -0.120. The molecule has 1 heterocycles. The first kappa shape index (κ1) is 20.4. The van der Waals surface area contributed by atoms with Gasteiger partial charge in [0.05, 0.1) is 20.9 Å². The van der Waals surface area contributed by atoms with Crippen molar-refractivity contribution in [1.29, 1.82) is 0 Å². The smallest absolute Gasteiger partial charge is 0.243 e. The molecule has 1 saturated heterocycles. The average molecular weight is 448 g/mol. The SMILES string of the molecule is O=C(Nc1ccc(Cl)c(Cl)c1)[C@@H]1CCCN(S(=O)(=O)c2ccc(Cl)cc2)C1. The van der Waals surface area contributed by atoms with Crippen LogP contribution in [0.1, 0.15) is 12.8 Å². The van der Waals surface area contributed by atoms with Crippen molar-refractivity contribution in [1.82, 2.24) is 4.31 Å². The van der Waals surface area contributed by atoms with Gasteiger partial charge in [0.2, 0.25) is 15.9 Å². The van der Waals surface area contributed by atoms with E-state index in [0.717, 1.165) is 0 Å². The van der Waals surface area contributed by atoms with Crippen molar-refractivity contribution < 1.29 is 13.2 Å². The van der Waals surface area contributed by atoms with Gasteiger partial charge in [-0.1, -0.05) is 34.8 Å². The van der Waals surface area contributed by atoms with Gasteiger partial charge in [-0.15, -0.1) is 0 Å². The number of piperidine rings is 1. The summed E-state index contributed by atoms with van der Waals surface area (Å²) in [6.45, 7) is 0.500. The van der Waals surface area contributed by atoms with Crippen LogP contribution in [-0.2, 0) is 14.8 Å². The Morgan fingerprint density at radius 2 is 1.74 bits per heavy atom. The van der Waals surface area contributed by atoms with E-state index >= 15 is 0 Å². The predicted octanol–water partition coefficient (Wildman–Crippen LogP) is 4.69. The molecule has 1 N–H and O–H groups in total. The predicted molar refractivity (Wildman–Crippen MR) is 108 cm³/mol. The van der Waals surface area contributed by atoms with Gasteiger partial charge < -0.3 is 5.32 Å². The lowest BCUT2D eigenvalue weighted by Crippen LogP contribution is -2.43. The number of anilines is 1. The van der Waals surface area contributed by atoms with Gasteiger partial charge in [-0.05, 0) is 55.3 Å². The monoisotopic (exact) mass is 446 g/mol. The fraction of sp³-hybridized carbons (Fsp3) is 0.278. The quantitative estimate of drug-likeness (QED) is 0.739. The maximum Gasteiger partial charge on any atom is 0.243 e. The van der Waals surface area contributed by atoms with Crippen LogP contribution in [0.25, 0.3) is 0 Å². The molecule has 27 heavy (non-hydrogen) atoms. The highest BCUT2D eigenvalue weighted by Gasteiger charge is 2.33. The summed E-state index contributed by atoms with van der Waals surface area (Å²) in [5.41, 5.74) is 0.520. The molecule has 1 fully saturated rings. The molecule has 1 amide bonds. The van der Waals surface area contributed by atoms with E-state index in [1.807, 2.05) is 0 Å². The Hall–Kier alpha value is -1.31. The van der Waals surface area contributed by atoms with Crippen molar-refractivity contribution >= 4 is 56.4 Å². The van der Waals surface area contributed by atoms with E-state index in [9.17, 15) is 13.2 Å². The molecule has 1 aliphatic rings. The number of carbonyl (C=O) groups is 1. The number of halogens is 3. The molecular weight excluding hydrogens is 431 g/mol. The second-order valence-corrected chi connectivity index (χ2v) is 9.46. The Kier molecular flexibility index (Phi) is 6.33. The summed E-state index contributed by atoms with van der Waals surface area (Å²) >= 11 is 17.7. The molecule has 2 aromatic carbocycles. The van der Waals surface area contributed by atoms with Crippen molar-refractivity contribution in [3.63, 3.8) is 0 Å². The molecule has 1 aliphatic heterocycles. The highest BCUT2D eigenvalue weighted by atomic mass is 35.5. The number of sulfonamides is 1. The molecule has 0 unspecified atom stereocenters. The number of hydrogen-bond donors (Lipinski definition) is 1. The summed E-state index contributed by atoms with van der Waals surface area (Å²) in [5.74, 6) is -0.695. The van der Waals surface area contributed by atoms with E-state index < -0.39 is 15.9 Å². The Labute approximate surface area is 173 Å². The zero-order valence-corrected chi connectivity index (χ0v) is 17.2. The van der Waals surface area contributed by atoms with E-state index in [1.165, 1.54) is 28.6 Å². The van der Waals surface area contributed by atoms with Crippen LogP contribution in [0.4, 0.5) is 5.69 Å². The molecule has 0 radical (unpaired) electrons. The standard InChI is InChI=1S/C18H17Cl3N2O3S/c19-13-3-6-15(7-4-13)27(25,26)23-9-1-2-12(11-23)18(24)22-14-5-8-16(20)17(21)10-14/h3-8,10,12H,1-2,9,11H2,(H,22,24)/t12-/m1/s1. The minimum absolute atomic E-state index is 0.123. The number of nitrogens with zero attached hydrogens (tertiary/aromatic N) is 1. The van der Waals surface area contributed by atoms with Crippen LogP contribution < -0.4 is 5.32 Å². The van der Waals surface area contributed by atoms with Crippen LogP contribution in [0.5, 0.6) is 0 Å². The van der Waals surface area contributed by atoms with Gasteiger partial charge in [-0.3, -0.25) is 4.79 Å². The highest BCUT2D eigenvalue weighted by molar-refractivity contribution is 7.89. The van der Waals surface area contributed by atoms with Crippen molar-refractivity contribution in [2.75, 3.05) is 18.4 Å². The van der Waals surface area contributed by atoms with Crippen LogP contribution in [0.15, 0.2) is 47.4 Å². The number of amides is 1. The summed E-state index contributed by atoms with van der Waals surface area (Å²) in [6, 6.07) is 10.8. The third kappa shape index (κ3) is 4.76. The normalized spacial score (nSPS) is 18.3. The lowest BCUT2D eigenvalue weighted by atomic mass is 9.99. The molecule has 9 heteroatoms. The van der Waals surface area contributed by atoms with Gasteiger partial charge in [-0.25, -0.2) is 8.42 Å². The molecule has 0 spiro atoms. The van der Waals surface area contributed by atoms with Gasteiger partial charge in [0.1, 0.15) is 0 Å². The van der Waals surface area contributed by atoms with Gasteiger partial charge in [0.15, 0.2) is 0 Å². The summed E-state index contributed by atoms with van der Waals surface area (Å²) in [5, 5.41) is 3.98. The molecule has 0 saturated carbocycles. The average Bonchev–Trinajstić information content (AvgIpc) is 2.65. The van der Waals surface area contributed by atoms with Crippen molar-refractivity contribution in [3.05, 3.63) is 57.5 Å². The number of rotatable bonds is 4. The minimum Gasteiger partial charge on any atom is -0.326 e. The van der Waals surface area contributed by atoms with Crippen LogP contribution >= 0.6 is 34.8 Å². The van der Waals surface area contributed by atoms with Crippen LogP contribution in [0, 0.1) is 5.92 Å². The van der Waals surface area contributed by atoms with Crippen molar-refractivity contribution in [2.45, 2.75) is 17.7 Å². The third-order valence-corrected chi connectivity index (χ3v) is 7.26. The maximum absolute atomic E-state index is 12.8. The second-order valence-electron chi connectivity index (χ2n) is 6.27. The molecule has 0 aromatic heterocycles. The van der Waals surface area contributed by atoms with E-state index in [1.54, 1.807) is 18.2 Å². The number of nitrogens with one attached hydrogen (secondary N) is 1. The summed E-state index contributed by atoms with van der Waals surface area (Å²) in [6.07, 6.45) is 1.21. The first-order valence-electron chi connectivity index (χ1n) is 8.29. The summed E-state index contributed by atoms with van der Waals surface area (Å²) in [4.78, 5) is 12.8. The number of hydrogen-bond acceptors (Lipinski definition) is 3. The molecule has 0 bridgehead atoms. The molecule has 2 aromatic rings. The van der Waals surface area contributed by atoms with Gasteiger partial charge in [0, 0.05) is 23.8 Å². The van der Waals surface area contributed by atoms with Crippen LogP contribution in [-0.4, -0.2) is 31.7 Å². The zero-order chi connectivity index (χ0) is 19.6. The fourth-order valence-corrected chi connectivity index (χ4v) is 4.90. The Balaban J connectivity index is 1.72. The van der Waals surface area contributed by atoms with Crippen LogP contribution in [0.3, 0.4) is 0 Å². The van der Waals surface area contributed by atoms with E-state index in [0.29, 0.717) is 40.1 Å². The molecule has 144 valence electrons. The Bertz CT molecular complexity index is 949. The number of benzene rings is 2. The molecular formula is C18H17Cl3N2O3S. The summed E-state index contributed by atoms with van der Waals surface area (Å²) < 4.78 is 27.0. The second kappa shape index (κ2) is 8.37. The first-order valence-corrected chi connectivity index (χ1v) is 10.9. The fourth-order valence-electron chi connectivity index (χ4n) is 2.95. The van der Waals surface area contributed by atoms with Crippen molar-refractivity contribution in [3.8, 4) is 0 Å². The van der Waals surface area contributed by atoms with Gasteiger partial charge >= 0.3 is 0 Å².